The molecular formula is C54H36N2. The first-order valence-corrected chi connectivity index (χ1v) is 19.3. The van der Waals surface area contributed by atoms with Gasteiger partial charge in [0.1, 0.15) is 0 Å². The Morgan fingerprint density at radius 2 is 0.714 bits per heavy atom. The van der Waals surface area contributed by atoms with E-state index in [9.17, 15) is 0 Å². The van der Waals surface area contributed by atoms with Crippen molar-refractivity contribution in [3.63, 3.8) is 0 Å². The fraction of sp³-hybridized carbons (Fsp3) is 0. The van der Waals surface area contributed by atoms with Crippen LogP contribution in [0.5, 0.6) is 0 Å². The number of rotatable bonds is 7. The monoisotopic (exact) mass is 712 g/mol. The summed E-state index contributed by atoms with van der Waals surface area (Å²) in [6, 6.07) is 74.9. The highest BCUT2D eigenvalue weighted by molar-refractivity contribution is 6.16. The van der Waals surface area contributed by atoms with E-state index >= 15 is 0 Å². The smallest absolute Gasteiger partial charge is 0.0541 e. The molecule has 2 heteroatoms. The molecule has 262 valence electrons. The van der Waals surface area contributed by atoms with Gasteiger partial charge < -0.3 is 9.47 Å². The van der Waals surface area contributed by atoms with Crippen molar-refractivity contribution in [1.29, 1.82) is 0 Å². The summed E-state index contributed by atoms with van der Waals surface area (Å²) < 4.78 is 2.37. The van der Waals surface area contributed by atoms with Gasteiger partial charge in [-0.05, 0) is 116 Å². The van der Waals surface area contributed by atoms with Crippen LogP contribution in [0, 0.1) is 0 Å². The van der Waals surface area contributed by atoms with Crippen LogP contribution in [0.4, 0.5) is 17.1 Å². The molecule has 0 aliphatic heterocycles. The highest BCUT2D eigenvalue weighted by atomic mass is 15.1. The third-order valence-corrected chi connectivity index (χ3v) is 11.4. The Morgan fingerprint density at radius 3 is 1.25 bits per heavy atom. The quantitative estimate of drug-likeness (QED) is 0.160. The van der Waals surface area contributed by atoms with Crippen molar-refractivity contribution in [2.75, 3.05) is 4.90 Å². The summed E-state index contributed by atoms with van der Waals surface area (Å²) in [6.07, 6.45) is 4.49. The second-order valence-electron chi connectivity index (χ2n) is 14.5. The van der Waals surface area contributed by atoms with E-state index in [0.717, 1.165) is 22.7 Å². The van der Waals surface area contributed by atoms with E-state index in [4.69, 9.17) is 0 Å². The van der Waals surface area contributed by atoms with Gasteiger partial charge in [0.25, 0.3) is 0 Å². The highest BCUT2D eigenvalue weighted by Gasteiger charge is 2.19. The van der Waals surface area contributed by atoms with E-state index in [-0.39, 0.29) is 0 Å². The summed E-state index contributed by atoms with van der Waals surface area (Å²) in [4.78, 5) is 2.36. The van der Waals surface area contributed by atoms with Gasteiger partial charge in [0.15, 0.2) is 0 Å². The lowest BCUT2D eigenvalue weighted by Crippen LogP contribution is -2.10. The third kappa shape index (κ3) is 5.26. The molecule has 0 spiro atoms. The van der Waals surface area contributed by atoms with Gasteiger partial charge in [-0.3, -0.25) is 0 Å². The number of anilines is 3. The number of nitrogens with zero attached hydrogens (tertiary/aromatic N) is 2. The van der Waals surface area contributed by atoms with Crippen LogP contribution in [0.1, 0.15) is 11.1 Å². The molecule has 0 fully saturated rings. The van der Waals surface area contributed by atoms with Crippen LogP contribution in [0.15, 0.2) is 206 Å². The molecule has 1 aliphatic rings. The second kappa shape index (κ2) is 13.2. The highest BCUT2D eigenvalue weighted by Crippen LogP contribution is 2.44. The molecule has 10 aromatic rings. The summed E-state index contributed by atoms with van der Waals surface area (Å²) >= 11 is 0. The SMILES string of the molecule is C1=Cc2ccc(-c3ccc(N(c4ccc(-c5ccccc5)cc4)c4ccc(-n5c6ccccc6c6ccccc65)cc4)cc3)c3c(-c4ccccc4)ccc1c23. The van der Waals surface area contributed by atoms with E-state index in [0.29, 0.717) is 0 Å². The minimum atomic E-state index is 1.09. The number of hydrogen-bond donors (Lipinski definition) is 0. The molecular weight excluding hydrogens is 677 g/mol. The number of fused-ring (bicyclic) bond motifs is 3. The molecule has 11 rings (SSSR count). The van der Waals surface area contributed by atoms with E-state index < -0.39 is 0 Å². The van der Waals surface area contributed by atoms with Crippen LogP contribution in [-0.2, 0) is 0 Å². The molecule has 0 bridgehead atoms. The first-order chi connectivity index (χ1) is 27.8. The Bertz CT molecular complexity index is 3020. The van der Waals surface area contributed by atoms with Gasteiger partial charge in [-0.15, -0.1) is 0 Å². The first kappa shape index (κ1) is 32.0. The Morgan fingerprint density at radius 1 is 0.304 bits per heavy atom. The first-order valence-electron chi connectivity index (χ1n) is 19.3. The van der Waals surface area contributed by atoms with Crippen molar-refractivity contribution in [3.8, 4) is 39.1 Å². The summed E-state index contributed by atoms with van der Waals surface area (Å²) in [7, 11) is 0. The predicted octanol–water partition coefficient (Wildman–Crippen LogP) is 14.9. The molecule has 0 amide bonds. The van der Waals surface area contributed by atoms with Crippen LogP contribution in [-0.4, -0.2) is 4.57 Å². The average molecular weight is 713 g/mol. The topological polar surface area (TPSA) is 8.17 Å². The molecule has 0 atom stereocenters. The zero-order chi connectivity index (χ0) is 37.0. The number of aromatic nitrogens is 1. The van der Waals surface area contributed by atoms with Gasteiger partial charge in [-0.2, -0.15) is 0 Å². The summed E-state index contributed by atoms with van der Waals surface area (Å²) in [5, 5.41) is 5.16. The maximum absolute atomic E-state index is 2.37. The van der Waals surface area contributed by atoms with Crippen LogP contribution < -0.4 is 4.90 Å². The summed E-state index contributed by atoms with van der Waals surface area (Å²) in [5.74, 6) is 0. The van der Waals surface area contributed by atoms with Crippen LogP contribution in [0.2, 0.25) is 0 Å². The minimum Gasteiger partial charge on any atom is -0.311 e. The molecule has 1 aromatic heterocycles. The summed E-state index contributed by atoms with van der Waals surface area (Å²) in [6.45, 7) is 0. The molecule has 0 radical (unpaired) electrons. The predicted molar refractivity (Wildman–Crippen MR) is 238 cm³/mol. The number of para-hydroxylation sites is 2. The van der Waals surface area contributed by atoms with Crippen LogP contribution in [0.3, 0.4) is 0 Å². The van der Waals surface area contributed by atoms with Gasteiger partial charge in [0, 0.05) is 33.5 Å². The molecule has 9 aromatic carbocycles. The average Bonchev–Trinajstić information content (AvgIpc) is 3.85. The molecule has 2 nitrogen and oxygen atoms in total. The molecule has 0 unspecified atom stereocenters. The zero-order valence-corrected chi connectivity index (χ0v) is 30.7. The fourth-order valence-corrected chi connectivity index (χ4v) is 8.73. The van der Waals surface area contributed by atoms with E-state index in [1.807, 2.05) is 0 Å². The maximum atomic E-state index is 2.37. The Labute approximate surface area is 326 Å². The van der Waals surface area contributed by atoms with Gasteiger partial charge in [0.05, 0.1) is 11.0 Å². The van der Waals surface area contributed by atoms with Crippen molar-refractivity contribution in [1.82, 2.24) is 4.57 Å². The standard InChI is InChI=1S/C54H36N2/c1-3-11-37(12-4-1)38-21-27-43(28-22-38)55(45-31-33-46(34-32-45)56-51-17-9-7-15-49(51)50-16-8-10-18-52(50)56)44-29-23-40(24-30-44)48-36-26-42-20-19-41-25-35-47(54(48)53(41)42)39-13-5-2-6-14-39/h1-36H. The number of hydrogen-bond acceptors (Lipinski definition) is 1. The molecule has 0 N–H and O–H groups in total. The van der Waals surface area contributed by atoms with E-state index in [2.05, 4.69) is 228 Å². The Hall–Kier alpha value is -7.42. The van der Waals surface area contributed by atoms with Crippen molar-refractivity contribution < 1.29 is 0 Å². The van der Waals surface area contributed by atoms with Crippen LogP contribution >= 0.6 is 0 Å². The van der Waals surface area contributed by atoms with E-state index in [1.54, 1.807) is 0 Å². The van der Waals surface area contributed by atoms with Crippen LogP contribution in [0.25, 0.3) is 83.8 Å². The summed E-state index contributed by atoms with van der Waals surface area (Å²) in [5.41, 5.74) is 16.7. The largest absolute Gasteiger partial charge is 0.311 e. The van der Waals surface area contributed by atoms with Gasteiger partial charge in [-0.25, -0.2) is 0 Å². The van der Waals surface area contributed by atoms with Crippen molar-refractivity contribution in [3.05, 3.63) is 217 Å². The third-order valence-electron chi connectivity index (χ3n) is 11.4. The molecule has 0 saturated carbocycles. The molecule has 1 heterocycles. The lowest BCUT2D eigenvalue weighted by Gasteiger charge is -2.26. The maximum Gasteiger partial charge on any atom is 0.0541 e. The molecule has 0 saturated heterocycles. The Balaban J connectivity index is 1.03. The lowest BCUT2D eigenvalue weighted by molar-refractivity contribution is 1.17. The van der Waals surface area contributed by atoms with Crippen molar-refractivity contribution >= 4 is 61.8 Å². The van der Waals surface area contributed by atoms with Crippen molar-refractivity contribution in [2.24, 2.45) is 0 Å². The fourth-order valence-electron chi connectivity index (χ4n) is 8.73. The lowest BCUT2D eigenvalue weighted by atomic mass is 9.89. The van der Waals surface area contributed by atoms with Gasteiger partial charge in [0.2, 0.25) is 0 Å². The molecule has 56 heavy (non-hydrogen) atoms. The molecule has 1 aliphatic carbocycles. The van der Waals surface area contributed by atoms with E-state index in [1.165, 1.54) is 77.1 Å². The normalized spacial score (nSPS) is 11.9. The van der Waals surface area contributed by atoms with Gasteiger partial charge in [-0.1, -0.05) is 158 Å². The zero-order valence-electron chi connectivity index (χ0n) is 30.7. The Kier molecular flexibility index (Phi) is 7.53. The number of benzene rings is 9. The minimum absolute atomic E-state index is 1.09. The van der Waals surface area contributed by atoms with Crippen molar-refractivity contribution in [2.45, 2.75) is 0 Å². The second-order valence-corrected chi connectivity index (χ2v) is 14.5. The van der Waals surface area contributed by atoms with Gasteiger partial charge >= 0.3 is 0 Å².